The molecular formula is C12H20N2O3. The van der Waals surface area contributed by atoms with Crippen molar-refractivity contribution < 1.29 is 14.7 Å². The number of likely N-dealkylation sites (N-methyl/N-ethyl adjacent to an activating group) is 1. The zero-order valence-corrected chi connectivity index (χ0v) is 10.2. The minimum Gasteiger partial charge on any atom is -0.480 e. The van der Waals surface area contributed by atoms with Crippen LogP contribution in [0.15, 0.2) is 0 Å². The van der Waals surface area contributed by atoms with Crippen LogP contribution in [-0.4, -0.2) is 42.1 Å². The van der Waals surface area contributed by atoms with Gasteiger partial charge in [-0.25, -0.2) is 4.79 Å². The number of nitrogens with zero attached hydrogens (tertiary/aromatic N) is 1. The van der Waals surface area contributed by atoms with E-state index in [-0.39, 0.29) is 12.6 Å². The average molecular weight is 240 g/mol. The Morgan fingerprint density at radius 1 is 1.29 bits per heavy atom. The van der Waals surface area contributed by atoms with Gasteiger partial charge >= 0.3 is 12.0 Å². The lowest BCUT2D eigenvalue weighted by atomic mass is 9.98. The fourth-order valence-corrected chi connectivity index (χ4v) is 2.38. The molecule has 0 atom stereocenters. The number of hydrogen-bond acceptors (Lipinski definition) is 2. The Hall–Kier alpha value is -1.26. The number of rotatable bonds is 6. The number of urea groups is 1. The zero-order valence-electron chi connectivity index (χ0n) is 10.2. The van der Waals surface area contributed by atoms with Crippen LogP contribution >= 0.6 is 0 Å². The summed E-state index contributed by atoms with van der Waals surface area (Å²) in [4.78, 5) is 23.3. The van der Waals surface area contributed by atoms with Crippen LogP contribution in [0.25, 0.3) is 0 Å². The molecule has 0 spiro atoms. The van der Waals surface area contributed by atoms with E-state index in [0.717, 1.165) is 11.8 Å². The quantitative estimate of drug-likeness (QED) is 0.731. The van der Waals surface area contributed by atoms with Gasteiger partial charge in [-0.1, -0.05) is 0 Å². The lowest BCUT2D eigenvalue weighted by Gasteiger charge is -2.20. The van der Waals surface area contributed by atoms with Gasteiger partial charge in [0.2, 0.25) is 0 Å². The Morgan fingerprint density at radius 3 is 2.24 bits per heavy atom. The summed E-state index contributed by atoms with van der Waals surface area (Å²) in [5.41, 5.74) is 0. The summed E-state index contributed by atoms with van der Waals surface area (Å²) in [5, 5.41) is 11.4. The van der Waals surface area contributed by atoms with Crippen LogP contribution in [0, 0.1) is 17.8 Å². The Labute approximate surface area is 101 Å². The van der Waals surface area contributed by atoms with Crippen molar-refractivity contribution in [3.05, 3.63) is 0 Å². The summed E-state index contributed by atoms with van der Waals surface area (Å²) >= 11 is 0. The Kier molecular flexibility index (Phi) is 3.54. The Bertz CT molecular complexity index is 299. The number of nitrogens with one attached hydrogen (secondary N) is 1. The molecule has 0 heterocycles. The highest BCUT2D eigenvalue weighted by Crippen LogP contribution is 2.48. The van der Waals surface area contributed by atoms with Gasteiger partial charge < -0.3 is 15.3 Å². The van der Waals surface area contributed by atoms with E-state index in [2.05, 4.69) is 5.32 Å². The highest BCUT2D eigenvalue weighted by molar-refractivity contribution is 5.79. The maximum Gasteiger partial charge on any atom is 0.323 e. The van der Waals surface area contributed by atoms with Gasteiger partial charge in [-0.3, -0.25) is 4.79 Å². The Morgan fingerprint density at radius 2 is 1.82 bits per heavy atom. The zero-order chi connectivity index (χ0) is 12.4. The first-order chi connectivity index (χ1) is 8.08. The van der Waals surface area contributed by atoms with Crippen LogP contribution in [-0.2, 0) is 4.79 Å². The lowest BCUT2D eigenvalue weighted by Crippen LogP contribution is -2.42. The van der Waals surface area contributed by atoms with Gasteiger partial charge in [0, 0.05) is 13.6 Å². The van der Waals surface area contributed by atoms with Gasteiger partial charge in [-0.15, -0.1) is 0 Å². The number of hydrogen-bond donors (Lipinski definition) is 2. The maximum absolute atomic E-state index is 11.6. The first-order valence-corrected chi connectivity index (χ1v) is 6.28. The number of carboxylic acids is 1. The fraction of sp³-hybridized carbons (Fsp3) is 0.833. The van der Waals surface area contributed by atoms with Gasteiger partial charge in [0.1, 0.15) is 6.54 Å². The molecule has 2 rings (SSSR count). The average Bonchev–Trinajstić information content (AvgIpc) is 3.11. The third-order valence-electron chi connectivity index (χ3n) is 3.66. The second-order valence-corrected chi connectivity index (χ2v) is 5.27. The van der Waals surface area contributed by atoms with Gasteiger partial charge in [0.05, 0.1) is 0 Å². The van der Waals surface area contributed by atoms with Crippen molar-refractivity contribution in [1.29, 1.82) is 0 Å². The van der Waals surface area contributed by atoms with Crippen molar-refractivity contribution in [1.82, 2.24) is 10.2 Å². The van der Waals surface area contributed by atoms with E-state index in [4.69, 9.17) is 5.11 Å². The maximum atomic E-state index is 11.6. The summed E-state index contributed by atoms with van der Waals surface area (Å²) in [6.07, 6.45) is 5.17. The molecule has 0 aliphatic heterocycles. The van der Waals surface area contributed by atoms with Crippen molar-refractivity contribution in [2.75, 3.05) is 20.1 Å². The minimum absolute atomic E-state index is 0.247. The SMILES string of the molecule is CN(CC(=O)O)C(=O)NCC(C1CC1)C1CC1. The third kappa shape index (κ3) is 3.61. The first kappa shape index (κ1) is 12.2. The van der Waals surface area contributed by atoms with Gasteiger partial charge in [-0.05, 0) is 43.4 Å². The number of carbonyl (C=O) groups excluding carboxylic acids is 1. The molecule has 5 heteroatoms. The van der Waals surface area contributed by atoms with E-state index < -0.39 is 5.97 Å². The number of carboxylic acid groups (broad SMARTS) is 1. The third-order valence-corrected chi connectivity index (χ3v) is 3.66. The number of amides is 2. The van der Waals surface area contributed by atoms with Crippen LogP contribution in [0.3, 0.4) is 0 Å². The van der Waals surface area contributed by atoms with Crippen molar-refractivity contribution in [2.45, 2.75) is 25.7 Å². The van der Waals surface area contributed by atoms with Crippen molar-refractivity contribution in [2.24, 2.45) is 17.8 Å². The smallest absolute Gasteiger partial charge is 0.323 e. The van der Waals surface area contributed by atoms with Crippen LogP contribution < -0.4 is 5.32 Å². The molecule has 0 saturated heterocycles. The molecular weight excluding hydrogens is 220 g/mol. The van der Waals surface area contributed by atoms with E-state index in [9.17, 15) is 9.59 Å². The van der Waals surface area contributed by atoms with Gasteiger partial charge in [0.25, 0.3) is 0 Å². The number of carbonyl (C=O) groups is 2. The lowest BCUT2D eigenvalue weighted by molar-refractivity contribution is -0.137. The number of aliphatic carboxylic acids is 1. The van der Waals surface area contributed by atoms with E-state index in [1.165, 1.54) is 37.6 Å². The first-order valence-electron chi connectivity index (χ1n) is 6.28. The highest BCUT2D eigenvalue weighted by atomic mass is 16.4. The highest BCUT2D eigenvalue weighted by Gasteiger charge is 2.41. The summed E-state index contributed by atoms with van der Waals surface area (Å²) in [5.74, 6) is 1.24. The molecule has 17 heavy (non-hydrogen) atoms. The summed E-state index contributed by atoms with van der Waals surface area (Å²) < 4.78 is 0. The molecule has 0 aromatic heterocycles. The van der Waals surface area contributed by atoms with Crippen LogP contribution in [0.2, 0.25) is 0 Å². The van der Waals surface area contributed by atoms with E-state index >= 15 is 0 Å². The van der Waals surface area contributed by atoms with Crippen molar-refractivity contribution in [3.8, 4) is 0 Å². The Balaban J connectivity index is 1.72. The molecule has 0 radical (unpaired) electrons. The predicted molar refractivity (Wildman–Crippen MR) is 62.6 cm³/mol. The largest absolute Gasteiger partial charge is 0.480 e. The molecule has 2 N–H and O–H groups in total. The molecule has 2 fully saturated rings. The molecule has 0 bridgehead atoms. The van der Waals surface area contributed by atoms with Crippen molar-refractivity contribution in [3.63, 3.8) is 0 Å². The topological polar surface area (TPSA) is 69.6 Å². The van der Waals surface area contributed by atoms with Crippen LogP contribution in [0.5, 0.6) is 0 Å². The molecule has 0 unspecified atom stereocenters. The predicted octanol–water partition coefficient (Wildman–Crippen LogP) is 1.15. The summed E-state index contributed by atoms with van der Waals surface area (Å²) in [7, 11) is 1.51. The molecule has 2 aliphatic carbocycles. The molecule has 2 saturated carbocycles. The molecule has 5 nitrogen and oxygen atoms in total. The second-order valence-electron chi connectivity index (χ2n) is 5.27. The fourth-order valence-electron chi connectivity index (χ4n) is 2.38. The molecule has 0 aromatic rings. The standard InChI is InChI=1S/C12H20N2O3/c1-14(7-11(15)16)12(17)13-6-10(8-2-3-8)9-4-5-9/h8-10H,2-7H2,1H3,(H,13,17)(H,15,16). The van der Waals surface area contributed by atoms with Crippen LogP contribution in [0.1, 0.15) is 25.7 Å². The molecule has 0 aromatic carbocycles. The monoisotopic (exact) mass is 240 g/mol. The molecule has 2 aliphatic rings. The minimum atomic E-state index is -0.983. The van der Waals surface area contributed by atoms with E-state index in [1.807, 2.05) is 0 Å². The molecule has 96 valence electrons. The van der Waals surface area contributed by atoms with Crippen molar-refractivity contribution >= 4 is 12.0 Å². The van der Waals surface area contributed by atoms with E-state index in [0.29, 0.717) is 12.5 Å². The van der Waals surface area contributed by atoms with Crippen LogP contribution in [0.4, 0.5) is 4.79 Å². The summed E-state index contributed by atoms with van der Waals surface area (Å²) in [6, 6.07) is -0.279. The molecule has 2 amide bonds. The van der Waals surface area contributed by atoms with E-state index in [1.54, 1.807) is 0 Å². The summed E-state index contributed by atoms with van der Waals surface area (Å²) in [6.45, 7) is 0.460. The van der Waals surface area contributed by atoms with Gasteiger partial charge in [-0.2, -0.15) is 0 Å². The second kappa shape index (κ2) is 4.94. The van der Waals surface area contributed by atoms with Gasteiger partial charge in [0.15, 0.2) is 0 Å². The normalized spacial score (nSPS) is 19.2.